The fraction of sp³-hybridized carbons (Fsp3) is 0.235. The van der Waals surface area contributed by atoms with E-state index < -0.39 is 0 Å². The fourth-order valence-corrected chi connectivity index (χ4v) is 3.52. The number of nitrogens with one attached hydrogen (secondary N) is 1. The molecule has 2 heterocycles. The Bertz CT molecular complexity index is 969. The highest BCUT2D eigenvalue weighted by molar-refractivity contribution is 7.15. The van der Waals surface area contributed by atoms with Crippen LogP contribution in [0.4, 0.5) is 5.69 Å². The first kappa shape index (κ1) is 14.1. The molecule has 1 aliphatic carbocycles. The molecular formula is C17H15N3O2S. The Morgan fingerprint density at radius 3 is 2.96 bits per heavy atom. The normalized spacial score (nSPS) is 14.1. The minimum atomic E-state index is -0.0869. The Kier molecular flexibility index (Phi) is 3.27. The lowest BCUT2D eigenvalue weighted by molar-refractivity contribution is -0.117. The molecule has 0 saturated heterocycles. The van der Waals surface area contributed by atoms with Crippen LogP contribution in [0.3, 0.4) is 0 Å². The van der Waals surface area contributed by atoms with Crippen LogP contribution in [-0.4, -0.2) is 15.3 Å². The maximum atomic E-state index is 12.3. The smallest absolute Gasteiger partial charge is 0.259 e. The summed E-state index contributed by atoms with van der Waals surface area (Å²) in [5, 5.41) is 4.86. The predicted molar refractivity (Wildman–Crippen MR) is 90.9 cm³/mol. The molecule has 0 bridgehead atoms. The van der Waals surface area contributed by atoms with Crippen LogP contribution in [0.15, 0.2) is 40.5 Å². The Morgan fingerprint density at radius 2 is 2.17 bits per heavy atom. The molecule has 0 unspecified atom stereocenters. The molecule has 0 atom stereocenters. The number of carbonyl (C=O) groups excluding carboxylic acids is 1. The number of thiazole rings is 1. The first-order chi connectivity index (χ1) is 11.1. The molecule has 0 spiro atoms. The summed E-state index contributed by atoms with van der Waals surface area (Å²) >= 11 is 1.44. The number of carbonyl (C=O) groups is 1. The zero-order valence-corrected chi connectivity index (χ0v) is 13.4. The van der Waals surface area contributed by atoms with E-state index in [0.29, 0.717) is 10.7 Å². The van der Waals surface area contributed by atoms with Crippen molar-refractivity contribution in [3.05, 3.63) is 51.8 Å². The van der Waals surface area contributed by atoms with E-state index in [1.807, 2.05) is 36.6 Å². The first-order valence-corrected chi connectivity index (χ1v) is 8.39. The van der Waals surface area contributed by atoms with Crippen molar-refractivity contribution in [3.63, 3.8) is 0 Å². The van der Waals surface area contributed by atoms with Crippen molar-refractivity contribution < 1.29 is 4.79 Å². The van der Waals surface area contributed by atoms with Crippen LogP contribution in [0.5, 0.6) is 0 Å². The van der Waals surface area contributed by atoms with Crippen LogP contribution in [0.2, 0.25) is 0 Å². The lowest BCUT2D eigenvalue weighted by Crippen LogP contribution is -2.14. The molecule has 1 N–H and O–H groups in total. The van der Waals surface area contributed by atoms with Gasteiger partial charge in [-0.1, -0.05) is 12.1 Å². The third kappa shape index (κ3) is 2.66. The number of fused-ring (bicyclic) bond motifs is 1. The summed E-state index contributed by atoms with van der Waals surface area (Å²) < 4.78 is 1.61. The van der Waals surface area contributed by atoms with E-state index in [1.54, 1.807) is 4.40 Å². The summed E-state index contributed by atoms with van der Waals surface area (Å²) in [5.41, 5.74) is 3.07. The molecule has 23 heavy (non-hydrogen) atoms. The first-order valence-electron chi connectivity index (χ1n) is 7.51. The van der Waals surface area contributed by atoms with Crippen molar-refractivity contribution in [2.24, 2.45) is 5.92 Å². The zero-order chi connectivity index (χ0) is 16.0. The number of nitrogens with zero attached hydrogens (tertiary/aromatic N) is 2. The topological polar surface area (TPSA) is 63.5 Å². The minimum Gasteiger partial charge on any atom is -0.326 e. The molecule has 3 aromatic rings. The summed E-state index contributed by atoms with van der Waals surface area (Å²) in [4.78, 5) is 29.3. The molecule has 1 saturated carbocycles. The van der Waals surface area contributed by atoms with Gasteiger partial charge in [-0.25, -0.2) is 4.98 Å². The van der Waals surface area contributed by atoms with Crippen molar-refractivity contribution in [1.29, 1.82) is 0 Å². The molecule has 2 aromatic heterocycles. The van der Waals surface area contributed by atoms with Gasteiger partial charge in [0.2, 0.25) is 5.91 Å². The third-order valence-electron chi connectivity index (χ3n) is 3.91. The average molecular weight is 325 g/mol. The second-order valence-electron chi connectivity index (χ2n) is 5.82. The van der Waals surface area contributed by atoms with Gasteiger partial charge in [0.1, 0.15) is 0 Å². The molecule has 6 heteroatoms. The van der Waals surface area contributed by atoms with Crippen molar-refractivity contribution in [1.82, 2.24) is 9.38 Å². The van der Waals surface area contributed by atoms with E-state index in [4.69, 9.17) is 0 Å². The molecule has 1 aliphatic rings. The van der Waals surface area contributed by atoms with Gasteiger partial charge in [0, 0.05) is 34.3 Å². The van der Waals surface area contributed by atoms with Crippen LogP contribution in [0, 0.1) is 12.8 Å². The van der Waals surface area contributed by atoms with Gasteiger partial charge in [0.15, 0.2) is 4.96 Å². The second kappa shape index (κ2) is 5.31. The average Bonchev–Trinajstić information content (AvgIpc) is 3.28. The molecule has 0 aliphatic heterocycles. The predicted octanol–water partition coefficient (Wildman–Crippen LogP) is 3.08. The molecule has 116 valence electrons. The van der Waals surface area contributed by atoms with Gasteiger partial charge in [-0.05, 0) is 31.9 Å². The van der Waals surface area contributed by atoms with Gasteiger partial charge < -0.3 is 5.32 Å². The molecule has 1 amide bonds. The zero-order valence-electron chi connectivity index (χ0n) is 12.6. The summed E-state index contributed by atoms with van der Waals surface area (Å²) in [6, 6.07) is 9.11. The molecular weight excluding hydrogens is 310 g/mol. The van der Waals surface area contributed by atoms with Crippen molar-refractivity contribution in [2.45, 2.75) is 19.8 Å². The molecule has 0 radical (unpaired) electrons. The third-order valence-corrected chi connectivity index (χ3v) is 4.73. The van der Waals surface area contributed by atoms with Crippen LogP contribution < -0.4 is 10.9 Å². The van der Waals surface area contributed by atoms with Gasteiger partial charge in [0.25, 0.3) is 5.56 Å². The highest BCUT2D eigenvalue weighted by Gasteiger charge is 2.29. The lowest BCUT2D eigenvalue weighted by Gasteiger charge is -2.07. The number of benzene rings is 1. The standard InChI is InChI=1S/C17H15N3O2S/c1-10-7-15(21)20-14(9-23-17(20)18-10)12-3-2-4-13(8-12)19-16(22)11-5-6-11/h2-4,7-9,11H,5-6H2,1H3,(H,19,22). The van der Waals surface area contributed by atoms with Crippen LogP contribution in [0.25, 0.3) is 16.2 Å². The number of hydrogen-bond acceptors (Lipinski definition) is 4. The number of anilines is 1. The SMILES string of the molecule is Cc1cc(=O)n2c(-c3cccc(NC(=O)C4CC4)c3)csc2n1. The maximum Gasteiger partial charge on any atom is 0.259 e. The molecule has 1 aromatic carbocycles. The van der Waals surface area contributed by atoms with E-state index in [2.05, 4.69) is 10.3 Å². The number of rotatable bonds is 3. The van der Waals surface area contributed by atoms with Crippen molar-refractivity contribution in [2.75, 3.05) is 5.32 Å². The molecule has 5 nitrogen and oxygen atoms in total. The number of aryl methyl sites for hydroxylation is 1. The highest BCUT2D eigenvalue weighted by atomic mass is 32.1. The van der Waals surface area contributed by atoms with E-state index in [1.165, 1.54) is 17.4 Å². The van der Waals surface area contributed by atoms with E-state index in [0.717, 1.165) is 29.8 Å². The lowest BCUT2D eigenvalue weighted by atomic mass is 10.1. The Hall–Kier alpha value is -2.47. The fourth-order valence-electron chi connectivity index (χ4n) is 2.58. The van der Waals surface area contributed by atoms with Crippen molar-refractivity contribution >= 4 is 27.9 Å². The Labute approximate surface area is 136 Å². The van der Waals surface area contributed by atoms with Gasteiger partial charge in [0.05, 0.1) is 5.69 Å². The summed E-state index contributed by atoms with van der Waals surface area (Å²) in [6.07, 6.45) is 1.95. The summed E-state index contributed by atoms with van der Waals surface area (Å²) in [6.45, 7) is 1.81. The monoisotopic (exact) mass is 325 g/mol. The number of aromatic nitrogens is 2. The Balaban J connectivity index is 1.76. The maximum absolute atomic E-state index is 12.3. The van der Waals surface area contributed by atoms with E-state index in [9.17, 15) is 9.59 Å². The number of amides is 1. The second-order valence-corrected chi connectivity index (χ2v) is 6.66. The van der Waals surface area contributed by atoms with E-state index in [-0.39, 0.29) is 17.4 Å². The van der Waals surface area contributed by atoms with Crippen LogP contribution in [0.1, 0.15) is 18.5 Å². The van der Waals surface area contributed by atoms with Gasteiger partial charge >= 0.3 is 0 Å². The van der Waals surface area contributed by atoms with Crippen LogP contribution in [-0.2, 0) is 4.79 Å². The largest absolute Gasteiger partial charge is 0.326 e. The Morgan fingerprint density at radius 1 is 1.35 bits per heavy atom. The van der Waals surface area contributed by atoms with Crippen molar-refractivity contribution in [3.8, 4) is 11.3 Å². The summed E-state index contributed by atoms with van der Waals surface area (Å²) in [5.74, 6) is 0.238. The van der Waals surface area contributed by atoms with Gasteiger partial charge in [-0.2, -0.15) is 0 Å². The minimum absolute atomic E-state index is 0.0757. The molecule has 4 rings (SSSR count). The molecule has 1 fully saturated rings. The number of hydrogen-bond donors (Lipinski definition) is 1. The summed E-state index contributed by atoms with van der Waals surface area (Å²) in [7, 11) is 0. The van der Waals surface area contributed by atoms with Gasteiger partial charge in [-0.15, -0.1) is 11.3 Å². The quantitative estimate of drug-likeness (QED) is 0.805. The van der Waals surface area contributed by atoms with Crippen LogP contribution >= 0.6 is 11.3 Å². The van der Waals surface area contributed by atoms with E-state index >= 15 is 0 Å². The highest BCUT2D eigenvalue weighted by Crippen LogP contribution is 2.31. The van der Waals surface area contributed by atoms with Gasteiger partial charge in [-0.3, -0.25) is 14.0 Å².